The maximum Gasteiger partial charge on any atom is 0.259 e. The molecule has 1 rings (SSSR count). The molecule has 16 heavy (non-hydrogen) atoms. The summed E-state index contributed by atoms with van der Waals surface area (Å²) in [5.41, 5.74) is 6.09. The second-order valence-corrected chi connectivity index (χ2v) is 5.67. The zero-order valence-electron chi connectivity index (χ0n) is 8.78. The van der Waals surface area contributed by atoms with Crippen LogP contribution in [0.25, 0.3) is 0 Å². The Morgan fingerprint density at radius 2 is 1.75 bits per heavy atom. The van der Waals surface area contributed by atoms with E-state index in [1.807, 2.05) is 0 Å². The van der Waals surface area contributed by atoms with Gasteiger partial charge in [0.05, 0.1) is 4.90 Å². The molecule has 0 bridgehead atoms. The van der Waals surface area contributed by atoms with Crippen molar-refractivity contribution in [3.63, 3.8) is 0 Å². The molecule has 0 heterocycles. The molecule has 0 aliphatic rings. The molecule has 0 aliphatic heterocycles. The van der Waals surface area contributed by atoms with Crippen LogP contribution in [-0.2, 0) is 16.4 Å². The van der Waals surface area contributed by atoms with E-state index in [1.165, 1.54) is 24.3 Å². The molecule has 0 aromatic heterocycles. The second kappa shape index (κ2) is 4.47. The van der Waals surface area contributed by atoms with Crippen LogP contribution in [0.1, 0.15) is 12.5 Å². The third-order valence-electron chi connectivity index (χ3n) is 1.96. The first-order valence-corrected chi connectivity index (χ1v) is 6.29. The molecule has 0 saturated heterocycles. The number of sulfone groups is 1. The van der Waals surface area contributed by atoms with Crippen LogP contribution in [0.3, 0.4) is 0 Å². The minimum absolute atomic E-state index is 0.105. The summed E-state index contributed by atoms with van der Waals surface area (Å²) >= 11 is 0. The number of hydrogen-bond acceptors (Lipinski definition) is 3. The SMILES string of the molecule is CC(F)(F)CS(=O)(=O)c1ccc(CN)cc1. The molecule has 0 aliphatic carbocycles. The first kappa shape index (κ1) is 13.1. The van der Waals surface area contributed by atoms with Gasteiger partial charge >= 0.3 is 0 Å². The van der Waals surface area contributed by atoms with Crippen molar-refractivity contribution in [2.24, 2.45) is 5.73 Å². The maximum atomic E-state index is 12.6. The first-order chi connectivity index (χ1) is 7.24. The van der Waals surface area contributed by atoms with E-state index in [1.54, 1.807) is 0 Å². The Labute approximate surface area is 93.2 Å². The van der Waals surface area contributed by atoms with Gasteiger partial charge in [-0.2, -0.15) is 0 Å². The Kier molecular flexibility index (Phi) is 3.64. The Morgan fingerprint density at radius 1 is 1.25 bits per heavy atom. The van der Waals surface area contributed by atoms with Crippen molar-refractivity contribution < 1.29 is 17.2 Å². The number of nitrogens with two attached hydrogens (primary N) is 1. The van der Waals surface area contributed by atoms with Crippen molar-refractivity contribution in [3.8, 4) is 0 Å². The highest BCUT2D eigenvalue weighted by atomic mass is 32.2. The van der Waals surface area contributed by atoms with Crippen molar-refractivity contribution in [1.82, 2.24) is 0 Å². The van der Waals surface area contributed by atoms with Crippen molar-refractivity contribution >= 4 is 9.84 Å². The Bertz CT molecular complexity index is 449. The average molecular weight is 249 g/mol. The van der Waals surface area contributed by atoms with Crippen molar-refractivity contribution in [3.05, 3.63) is 29.8 Å². The lowest BCUT2D eigenvalue weighted by Crippen LogP contribution is -2.24. The zero-order valence-corrected chi connectivity index (χ0v) is 9.60. The molecule has 0 unspecified atom stereocenters. The van der Waals surface area contributed by atoms with Gasteiger partial charge in [-0.1, -0.05) is 12.1 Å². The van der Waals surface area contributed by atoms with E-state index >= 15 is 0 Å². The van der Waals surface area contributed by atoms with Crippen LogP contribution < -0.4 is 5.73 Å². The molecule has 6 heteroatoms. The van der Waals surface area contributed by atoms with E-state index in [9.17, 15) is 17.2 Å². The number of benzene rings is 1. The Morgan fingerprint density at radius 3 is 2.12 bits per heavy atom. The molecule has 90 valence electrons. The van der Waals surface area contributed by atoms with Gasteiger partial charge in [-0.3, -0.25) is 0 Å². The molecule has 0 radical (unpaired) electrons. The van der Waals surface area contributed by atoms with E-state index in [0.717, 1.165) is 5.56 Å². The topological polar surface area (TPSA) is 60.2 Å². The van der Waals surface area contributed by atoms with Crippen LogP contribution >= 0.6 is 0 Å². The third-order valence-corrected chi connectivity index (χ3v) is 3.84. The number of hydrogen-bond donors (Lipinski definition) is 1. The molecule has 0 atom stereocenters. The molecule has 0 amide bonds. The number of halogens is 2. The van der Waals surface area contributed by atoms with Crippen LogP contribution in [0, 0.1) is 0 Å². The molecule has 0 spiro atoms. The van der Waals surface area contributed by atoms with Crippen molar-refractivity contribution in [2.75, 3.05) is 5.75 Å². The standard InChI is InChI=1S/C10H13F2NO2S/c1-10(11,12)7-16(14,15)9-4-2-8(6-13)3-5-9/h2-5H,6-7,13H2,1H3. The molecule has 0 saturated carbocycles. The molecular weight excluding hydrogens is 236 g/mol. The highest BCUT2D eigenvalue weighted by molar-refractivity contribution is 7.91. The van der Waals surface area contributed by atoms with E-state index < -0.39 is 21.5 Å². The second-order valence-electron chi connectivity index (χ2n) is 3.68. The minimum Gasteiger partial charge on any atom is -0.326 e. The largest absolute Gasteiger partial charge is 0.326 e. The maximum absolute atomic E-state index is 12.6. The third kappa shape index (κ3) is 3.53. The lowest BCUT2D eigenvalue weighted by Gasteiger charge is -2.10. The molecular formula is C10H13F2NO2S. The summed E-state index contributed by atoms with van der Waals surface area (Å²) in [7, 11) is -3.93. The van der Waals surface area contributed by atoms with Crippen LogP contribution in [0.15, 0.2) is 29.2 Å². The van der Waals surface area contributed by atoms with Gasteiger partial charge in [-0.25, -0.2) is 17.2 Å². The number of alkyl halides is 2. The predicted molar refractivity (Wildman–Crippen MR) is 57.0 cm³/mol. The monoisotopic (exact) mass is 249 g/mol. The minimum atomic E-state index is -3.93. The lowest BCUT2D eigenvalue weighted by molar-refractivity contribution is 0.0473. The highest BCUT2D eigenvalue weighted by Gasteiger charge is 2.30. The summed E-state index contributed by atoms with van der Waals surface area (Å²) in [6.45, 7) is 0.864. The van der Waals surface area contributed by atoms with E-state index in [-0.39, 0.29) is 11.4 Å². The van der Waals surface area contributed by atoms with Gasteiger partial charge < -0.3 is 5.73 Å². The summed E-state index contributed by atoms with van der Waals surface area (Å²) in [5.74, 6) is -4.41. The fraction of sp³-hybridized carbons (Fsp3) is 0.400. The lowest BCUT2D eigenvalue weighted by atomic mass is 10.2. The summed E-state index contributed by atoms with van der Waals surface area (Å²) in [6.07, 6.45) is 0. The van der Waals surface area contributed by atoms with Crippen LogP contribution in [-0.4, -0.2) is 20.1 Å². The van der Waals surface area contributed by atoms with Gasteiger partial charge in [-0.15, -0.1) is 0 Å². The van der Waals surface area contributed by atoms with Gasteiger partial charge in [0.25, 0.3) is 5.92 Å². The van der Waals surface area contributed by atoms with Gasteiger partial charge in [0.2, 0.25) is 0 Å². The zero-order chi connectivity index (χ0) is 12.4. The van der Waals surface area contributed by atoms with Crippen LogP contribution in [0.2, 0.25) is 0 Å². The fourth-order valence-corrected chi connectivity index (χ4v) is 2.63. The van der Waals surface area contributed by atoms with Crippen molar-refractivity contribution in [2.45, 2.75) is 24.3 Å². The van der Waals surface area contributed by atoms with E-state index in [2.05, 4.69) is 0 Å². The van der Waals surface area contributed by atoms with Gasteiger partial charge in [0.15, 0.2) is 9.84 Å². The Hall–Kier alpha value is -1.01. The quantitative estimate of drug-likeness (QED) is 0.881. The molecule has 0 fully saturated rings. The fourth-order valence-electron chi connectivity index (χ4n) is 1.25. The van der Waals surface area contributed by atoms with Crippen LogP contribution in [0.5, 0.6) is 0 Å². The smallest absolute Gasteiger partial charge is 0.259 e. The normalized spacial score (nSPS) is 12.8. The molecule has 3 nitrogen and oxygen atoms in total. The van der Waals surface area contributed by atoms with Crippen LogP contribution in [0.4, 0.5) is 8.78 Å². The van der Waals surface area contributed by atoms with Gasteiger partial charge in [-0.05, 0) is 17.7 Å². The Balaban J connectivity index is 2.99. The molecule has 1 aromatic rings. The summed E-state index contributed by atoms with van der Waals surface area (Å²) in [5, 5.41) is 0. The highest BCUT2D eigenvalue weighted by Crippen LogP contribution is 2.20. The summed E-state index contributed by atoms with van der Waals surface area (Å²) in [4.78, 5) is -0.105. The molecule has 2 N–H and O–H groups in total. The average Bonchev–Trinajstić information content (AvgIpc) is 2.14. The summed E-state index contributed by atoms with van der Waals surface area (Å²) < 4.78 is 48.4. The summed E-state index contributed by atoms with van der Waals surface area (Å²) in [6, 6.07) is 5.62. The number of rotatable bonds is 4. The van der Waals surface area contributed by atoms with E-state index in [4.69, 9.17) is 5.73 Å². The predicted octanol–water partition coefficient (Wildman–Crippen LogP) is 1.57. The van der Waals surface area contributed by atoms with Crippen molar-refractivity contribution in [1.29, 1.82) is 0 Å². The van der Waals surface area contributed by atoms with Gasteiger partial charge in [0.1, 0.15) is 5.75 Å². The first-order valence-electron chi connectivity index (χ1n) is 4.64. The van der Waals surface area contributed by atoms with E-state index in [0.29, 0.717) is 6.92 Å². The molecule has 1 aromatic carbocycles. The van der Waals surface area contributed by atoms with Gasteiger partial charge in [0, 0.05) is 13.5 Å².